The van der Waals surface area contributed by atoms with E-state index in [-0.39, 0.29) is 5.97 Å². The molecule has 19 heavy (non-hydrogen) atoms. The fraction of sp³-hybridized carbons (Fsp3) is 0.615. The Morgan fingerprint density at radius 2 is 2.26 bits per heavy atom. The van der Waals surface area contributed by atoms with Crippen LogP contribution < -0.4 is 9.88 Å². The van der Waals surface area contributed by atoms with Crippen LogP contribution in [0.15, 0.2) is 6.20 Å². The van der Waals surface area contributed by atoms with Gasteiger partial charge in [-0.15, -0.1) is 0 Å². The number of nitrogens with one attached hydrogen (secondary N) is 1. The van der Waals surface area contributed by atoms with Gasteiger partial charge < -0.3 is 10.1 Å². The van der Waals surface area contributed by atoms with Crippen molar-refractivity contribution in [3.63, 3.8) is 0 Å². The lowest BCUT2D eigenvalue weighted by atomic mass is 10.3. The van der Waals surface area contributed by atoms with E-state index in [4.69, 9.17) is 4.74 Å². The van der Waals surface area contributed by atoms with E-state index in [0.717, 1.165) is 24.5 Å². The van der Waals surface area contributed by atoms with E-state index in [0.29, 0.717) is 18.0 Å². The van der Waals surface area contributed by atoms with E-state index in [1.165, 1.54) is 0 Å². The number of carbonyl (C=O) groups is 1. The molecule has 5 nitrogen and oxygen atoms in total. The Morgan fingerprint density at radius 1 is 1.53 bits per heavy atom. The van der Waals surface area contributed by atoms with Crippen LogP contribution in [-0.4, -0.2) is 30.4 Å². The van der Waals surface area contributed by atoms with E-state index in [9.17, 15) is 4.79 Å². The van der Waals surface area contributed by atoms with Crippen LogP contribution in [0.5, 0.6) is 0 Å². The molecule has 0 bridgehead atoms. The Bertz CT molecular complexity index is 438. The zero-order valence-electron chi connectivity index (χ0n) is 12.0. The first-order chi connectivity index (χ1) is 9.13. The molecule has 0 unspecified atom stereocenters. The molecule has 1 N–H and O–H groups in total. The number of hydrogen-bond donors (Lipinski definition) is 1. The van der Waals surface area contributed by atoms with Gasteiger partial charge in [0.1, 0.15) is 6.20 Å². The minimum atomic E-state index is -0.333. The average Bonchev–Trinajstić information content (AvgIpc) is 2.39. The molecule has 0 radical (unpaired) electrons. The largest absolute Gasteiger partial charge is 0.462 e. The van der Waals surface area contributed by atoms with Crippen molar-refractivity contribution in [3.8, 4) is 0 Å². The Morgan fingerprint density at radius 3 is 2.84 bits per heavy atom. The molecule has 106 valence electrons. The van der Waals surface area contributed by atoms with Crippen LogP contribution in [-0.2, 0) is 17.5 Å². The van der Waals surface area contributed by atoms with Gasteiger partial charge in [-0.2, -0.15) is 11.8 Å². The van der Waals surface area contributed by atoms with Crippen LogP contribution in [0.2, 0.25) is 0 Å². The van der Waals surface area contributed by atoms with Crippen LogP contribution in [0.25, 0.3) is 0 Å². The third kappa shape index (κ3) is 4.38. The molecule has 1 aromatic rings. The van der Waals surface area contributed by atoms with Crippen molar-refractivity contribution < 1.29 is 14.1 Å². The second-order valence-electron chi connectivity index (χ2n) is 4.11. The van der Waals surface area contributed by atoms with Crippen molar-refractivity contribution in [2.45, 2.75) is 26.0 Å². The molecule has 0 spiro atoms. The summed E-state index contributed by atoms with van der Waals surface area (Å²) in [6.07, 6.45) is 4.79. The van der Waals surface area contributed by atoms with E-state index >= 15 is 0 Å². The number of anilines is 1. The van der Waals surface area contributed by atoms with E-state index in [1.807, 2.05) is 17.9 Å². The van der Waals surface area contributed by atoms with Crippen molar-refractivity contribution in [2.75, 3.05) is 24.7 Å². The van der Waals surface area contributed by atoms with Crippen molar-refractivity contribution >= 4 is 23.5 Å². The predicted molar refractivity (Wildman–Crippen MR) is 77.4 cm³/mol. The van der Waals surface area contributed by atoms with E-state index in [2.05, 4.69) is 17.2 Å². The van der Waals surface area contributed by atoms with E-state index in [1.54, 1.807) is 24.9 Å². The molecule has 0 aliphatic carbocycles. The van der Waals surface area contributed by atoms with Crippen molar-refractivity contribution in [2.24, 2.45) is 7.05 Å². The van der Waals surface area contributed by atoms with Gasteiger partial charge in [0.05, 0.1) is 19.4 Å². The Balaban J connectivity index is 3.11. The van der Waals surface area contributed by atoms with Gasteiger partial charge in [-0.3, -0.25) is 0 Å². The summed E-state index contributed by atoms with van der Waals surface area (Å²) >= 11 is 1.70. The molecule has 0 saturated carbocycles. The molecule has 1 rings (SSSR count). The highest BCUT2D eigenvalue weighted by molar-refractivity contribution is 7.97. The summed E-state index contributed by atoms with van der Waals surface area (Å²) in [6.45, 7) is 5.02. The van der Waals surface area contributed by atoms with Crippen molar-refractivity contribution in [3.05, 3.63) is 17.6 Å². The van der Waals surface area contributed by atoms with Crippen LogP contribution in [0.4, 0.5) is 5.82 Å². The van der Waals surface area contributed by atoms with Crippen LogP contribution in [0.1, 0.15) is 36.5 Å². The summed E-state index contributed by atoms with van der Waals surface area (Å²) in [4.78, 5) is 16.5. The van der Waals surface area contributed by atoms with Gasteiger partial charge in [0.15, 0.2) is 5.56 Å². The van der Waals surface area contributed by atoms with Gasteiger partial charge in [0.2, 0.25) is 0 Å². The maximum atomic E-state index is 11.9. The summed E-state index contributed by atoms with van der Waals surface area (Å²) in [5, 5.41) is 3.19. The third-order valence-electron chi connectivity index (χ3n) is 2.54. The highest BCUT2D eigenvalue weighted by atomic mass is 32.2. The summed E-state index contributed by atoms with van der Waals surface area (Å²) in [6, 6.07) is 0. The molecule has 1 aromatic heterocycles. The Kier molecular flexibility index (Phi) is 6.62. The first kappa shape index (κ1) is 15.8. The number of esters is 1. The lowest BCUT2D eigenvalue weighted by molar-refractivity contribution is -0.681. The minimum absolute atomic E-state index is 0.333. The Hall–Kier alpha value is -1.30. The number of aryl methyl sites for hydroxylation is 1. The van der Waals surface area contributed by atoms with E-state index < -0.39 is 0 Å². The molecule has 0 saturated heterocycles. The molecular weight excluding hydrogens is 262 g/mol. The molecule has 6 heteroatoms. The molecule has 0 amide bonds. The highest BCUT2D eigenvalue weighted by Crippen LogP contribution is 2.14. The van der Waals surface area contributed by atoms with Crippen LogP contribution in [0, 0.1) is 0 Å². The van der Waals surface area contributed by atoms with Gasteiger partial charge in [0, 0.05) is 6.54 Å². The van der Waals surface area contributed by atoms with Crippen molar-refractivity contribution in [1.29, 1.82) is 0 Å². The first-order valence-corrected chi connectivity index (χ1v) is 7.82. The minimum Gasteiger partial charge on any atom is -0.462 e. The monoisotopic (exact) mass is 284 g/mol. The van der Waals surface area contributed by atoms with Gasteiger partial charge in [0.25, 0.3) is 5.82 Å². The van der Waals surface area contributed by atoms with Crippen LogP contribution in [0.3, 0.4) is 0 Å². The van der Waals surface area contributed by atoms with Crippen molar-refractivity contribution in [1.82, 2.24) is 4.98 Å². The summed E-state index contributed by atoms with van der Waals surface area (Å²) in [7, 11) is 1.89. The normalized spacial score (nSPS) is 10.3. The second-order valence-corrected chi connectivity index (χ2v) is 4.98. The smallest absolute Gasteiger partial charge is 0.348 e. The van der Waals surface area contributed by atoms with Gasteiger partial charge >= 0.3 is 11.8 Å². The summed E-state index contributed by atoms with van der Waals surface area (Å²) in [5.74, 6) is 2.02. The fourth-order valence-electron chi connectivity index (χ4n) is 1.60. The van der Waals surface area contributed by atoms with Gasteiger partial charge in [-0.25, -0.2) is 9.36 Å². The summed E-state index contributed by atoms with van der Waals surface area (Å²) < 4.78 is 6.94. The number of aromatic nitrogens is 2. The molecule has 0 aliphatic heterocycles. The fourth-order valence-corrected chi connectivity index (χ4v) is 2.12. The lowest BCUT2D eigenvalue weighted by Crippen LogP contribution is -2.36. The Labute approximate surface area is 118 Å². The SMILES string of the molecule is CCCNc1nc(CSC)[n+](C)cc1C(=O)OCC. The molecule has 0 aliphatic rings. The number of thioether (sulfide) groups is 1. The first-order valence-electron chi connectivity index (χ1n) is 6.43. The maximum absolute atomic E-state index is 11.9. The molecule has 0 aromatic carbocycles. The number of carbonyl (C=O) groups excluding carboxylic acids is 1. The average molecular weight is 284 g/mol. The highest BCUT2D eigenvalue weighted by Gasteiger charge is 2.23. The summed E-state index contributed by atoms with van der Waals surface area (Å²) in [5.41, 5.74) is 0.489. The quantitative estimate of drug-likeness (QED) is 0.611. The number of ether oxygens (including phenoxy) is 1. The number of rotatable bonds is 7. The zero-order chi connectivity index (χ0) is 14.3. The van der Waals surface area contributed by atoms with Gasteiger partial charge in [-0.1, -0.05) is 6.92 Å². The number of hydrogen-bond acceptors (Lipinski definition) is 5. The standard InChI is InChI=1S/C13H21N3O2S/c1-5-7-14-12-10(13(17)18-6-2)8-16(3)11(15-12)9-19-4/h8H,5-7,9H2,1-4H3/p+1. The molecular formula is C13H22N3O2S+. The molecule has 0 atom stereocenters. The second kappa shape index (κ2) is 7.99. The van der Waals surface area contributed by atoms with Gasteiger partial charge in [-0.05, 0) is 24.6 Å². The third-order valence-corrected chi connectivity index (χ3v) is 3.08. The maximum Gasteiger partial charge on any atom is 0.348 e. The predicted octanol–water partition coefficient (Wildman–Crippen LogP) is 1.77. The molecule has 1 heterocycles. The molecule has 0 fully saturated rings. The lowest BCUT2D eigenvalue weighted by Gasteiger charge is -2.07. The van der Waals surface area contributed by atoms with Crippen LogP contribution >= 0.6 is 11.8 Å². The number of nitrogens with zero attached hydrogens (tertiary/aromatic N) is 2. The topological polar surface area (TPSA) is 55.1 Å². The zero-order valence-corrected chi connectivity index (χ0v) is 12.8.